The fourth-order valence-corrected chi connectivity index (χ4v) is 3.65. The minimum atomic E-state index is -3.70. The van der Waals surface area contributed by atoms with Gasteiger partial charge in [0.15, 0.2) is 0 Å². The number of pyridine rings is 1. The number of hydrogen-bond acceptors (Lipinski definition) is 4. The van der Waals surface area contributed by atoms with E-state index in [1.54, 1.807) is 0 Å². The Morgan fingerprint density at radius 2 is 1.77 bits per heavy atom. The quantitative estimate of drug-likeness (QED) is 0.795. The first kappa shape index (κ1) is 17.1. The number of nitrogens with zero attached hydrogens (tertiary/aromatic N) is 1. The van der Waals surface area contributed by atoms with Crippen molar-refractivity contribution in [2.75, 3.05) is 11.8 Å². The number of nitrogens with one attached hydrogen (secondary N) is 1. The van der Waals surface area contributed by atoms with Crippen molar-refractivity contribution in [3.8, 4) is 5.88 Å². The second-order valence-electron chi connectivity index (χ2n) is 4.33. The molecular formula is C13H11Cl3N2O3S. The van der Waals surface area contributed by atoms with Gasteiger partial charge in [-0.05, 0) is 35.9 Å². The maximum Gasteiger partial charge on any atom is 0.239 e. The van der Waals surface area contributed by atoms with Crippen molar-refractivity contribution < 1.29 is 13.2 Å². The summed E-state index contributed by atoms with van der Waals surface area (Å²) < 4.78 is 31.9. The summed E-state index contributed by atoms with van der Waals surface area (Å²) in [6, 6.07) is 7.52. The van der Waals surface area contributed by atoms with Gasteiger partial charge >= 0.3 is 0 Å². The van der Waals surface area contributed by atoms with Crippen molar-refractivity contribution in [1.82, 2.24) is 4.98 Å². The van der Waals surface area contributed by atoms with Gasteiger partial charge in [-0.25, -0.2) is 8.42 Å². The van der Waals surface area contributed by atoms with Crippen LogP contribution < -0.4 is 9.46 Å². The third-order valence-electron chi connectivity index (χ3n) is 2.56. The van der Waals surface area contributed by atoms with Crippen molar-refractivity contribution in [3.05, 3.63) is 51.1 Å². The van der Waals surface area contributed by atoms with Crippen LogP contribution in [0.5, 0.6) is 5.88 Å². The first-order valence-corrected chi connectivity index (χ1v) is 8.74. The Bertz CT molecular complexity index is 777. The van der Waals surface area contributed by atoms with Gasteiger partial charge < -0.3 is 4.74 Å². The average Bonchev–Trinajstić information content (AvgIpc) is 2.38. The molecule has 2 rings (SSSR count). The van der Waals surface area contributed by atoms with Crippen molar-refractivity contribution in [3.63, 3.8) is 0 Å². The highest BCUT2D eigenvalue weighted by molar-refractivity contribution is 7.91. The van der Waals surface area contributed by atoms with E-state index in [1.807, 2.05) is 0 Å². The lowest BCUT2D eigenvalue weighted by molar-refractivity contribution is 0.400. The molecule has 9 heteroatoms. The van der Waals surface area contributed by atoms with Gasteiger partial charge in [-0.3, -0.25) is 4.72 Å². The van der Waals surface area contributed by atoms with E-state index in [-0.39, 0.29) is 22.5 Å². The van der Waals surface area contributed by atoms with Crippen molar-refractivity contribution in [2.45, 2.75) is 5.75 Å². The molecule has 1 N–H and O–H groups in total. The molecule has 0 aliphatic carbocycles. The standard InChI is InChI=1S/C13H11Cl3N2O3S/c1-21-13-11(2-3-12(16)17-13)18-22(19,20)7-8-4-9(14)6-10(15)5-8/h2-6,18H,7H2,1H3. The Morgan fingerprint density at radius 1 is 1.14 bits per heavy atom. The lowest BCUT2D eigenvalue weighted by atomic mass is 10.2. The molecule has 0 saturated heterocycles. The van der Waals surface area contributed by atoms with E-state index in [9.17, 15) is 8.42 Å². The van der Waals surface area contributed by atoms with Gasteiger partial charge in [0.2, 0.25) is 15.9 Å². The molecule has 2 aromatic rings. The number of sulfonamides is 1. The van der Waals surface area contributed by atoms with Gasteiger partial charge in [0, 0.05) is 10.0 Å². The third-order valence-corrected chi connectivity index (χ3v) is 4.46. The Hall–Kier alpha value is -1.21. The summed E-state index contributed by atoms with van der Waals surface area (Å²) >= 11 is 17.5. The number of halogens is 3. The Balaban J connectivity index is 2.24. The van der Waals surface area contributed by atoms with Crippen LogP contribution in [0.3, 0.4) is 0 Å². The topological polar surface area (TPSA) is 68.3 Å². The van der Waals surface area contributed by atoms with Gasteiger partial charge in [0.25, 0.3) is 0 Å². The monoisotopic (exact) mass is 380 g/mol. The predicted molar refractivity (Wildman–Crippen MR) is 88.5 cm³/mol. The van der Waals surface area contributed by atoms with Crippen LogP contribution in [0.25, 0.3) is 0 Å². The fraction of sp³-hybridized carbons (Fsp3) is 0.154. The molecule has 0 amide bonds. The van der Waals surface area contributed by atoms with Crippen LogP contribution in [-0.4, -0.2) is 20.5 Å². The number of benzene rings is 1. The van der Waals surface area contributed by atoms with Gasteiger partial charge in [-0.1, -0.05) is 34.8 Å². The molecule has 1 aromatic heterocycles. The third kappa shape index (κ3) is 4.64. The van der Waals surface area contributed by atoms with Crippen molar-refractivity contribution in [1.29, 1.82) is 0 Å². The highest BCUT2D eigenvalue weighted by atomic mass is 35.5. The summed E-state index contributed by atoms with van der Waals surface area (Å²) in [7, 11) is -2.33. The molecule has 0 unspecified atom stereocenters. The van der Waals surface area contributed by atoms with Gasteiger partial charge in [-0.2, -0.15) is 4.98 Å². The summed E-state index contributed by atoms with van der Waals surface area (Å²) in [4.78, 5) is 3.89. The lowest BCUT2D eigenvalue weighted by Gasteiger charge is -2.11. The van der Waals surface area contributed by atoms with Crippen LogP contribution in [-0.2, 0) is 15.8 Å². The molecule has 5 nitrogen and oxygen atoms in total. The summed E-state index contributed by atoms with van der Waals surface area (Å²) in [5, 5.41) is 0.924. The number of anilines is 1. The molecule has 0 fully saturated rings. The van der Waals surface area contributed by atoms with Crippen LogP contribution in [0, 0.1) is 0 Å². The molecule has 0 aliphatic rings. The van der Waals surface area contributed by atoms with Crippen molar-refractivity contribution >= 4 is 50.5 Å². The molecule has 1 heterocycles. The molecule has 0 aliphatic heterocycles. The average molecular weight is 382 g/mol. The molecule has 0 bridgehead atoms. The number of methoxy groups -OCH3 is 1. The number of ether oxygens (including phenoxy) is 1. The Kier molecular flexibility index (Phi) is 5.39. The van der Waals surface area contributed by atoms with Gasteiger partial charge in [0.05, 0.1) is 12.9 Å². The molecule has 0 radical (unpaired) electrons. The second-order valence-corrected chi connectivity index (χ2v) is 7.31. The first-order valence-electron chi connectivity index (χ1n) is 5.95. The Labute approximate surface area is 143 Å². The van der Waals surface area contributed by atoms with Crippen LogP contribution in [0.4, 0.5) is 5.69 Å². The lowest BCUT2D eigenvalue weighted by Crippen LogP contribution is -2.16. The van der Waals surface area contributed by atoms with E-state index in [4.69, 9.17) is 39.5 Å². The highest BCUT2D eigenvalue weighted by Crippen LogP contribution is 2.26. The first-order chi connectivity index (χ1) is 10.3. The Morgan fingerprint density at radius 3 is 2.36 bits per heavy atom. The van der Waals surface area contributed by atoms with Crippen molar-refractivity contribution in [2.24, 2.45) is 0 Å². The zero-order valence-corrected chi connectivity index (χ0v) is 14.4. The number of hydrogen-bond donors (Lipinski definition) is 1. The fourth-order valence-electron chi connectivity index (χ4n) is 1.77. The van der Waals surface area contributed by atoms with E-state index >= 15 is 0 Å². The van der Waals surface area contributed by atoms with E-state index in [0.717, 1.165) is 0 Å². The summed E-state index contributed by atoms with van der Waals surface area (Å²) in [6.07, 6.45) is 0. The largest absolute Gasteiger partial charge is 0.479 e. The molecule has 22 heavy (non-hydrogen) atoms. The number of rotatable bonds is 5. The zero-order chi connectivity index (χ0) is 16.3. The van der Waals surface area contributed by atoms with Crippen LogP contribution in [0.1, 0.15) is 5.56 Å². The molecule has 1 aromatic carbocycles. The molecule has 118 valence electrons. The smallest absolute Gasteiger partial charge is 0.239 e. The minimum absolute atomic E-state index is 0.0835. The molecule has 0 saturated carbocycles. The van der Waals surface area contributed by atoms with Crippen LogP contribution >= 0.6 is 34.8 Å². The summed E-state index contributed by atoms with van der Waals surface area (Å²) in [6.45, 7) is 0. The normalized spacial score (nSPS) is 11.3. The maximum absolute atomic E-state index is 12.2. The second kappa shape index (κ2) is 6.91. The zero-order valence-electron chi connectivity index (χ0n) is 11.3. The van der Waals surface area contributed by atoms with Crippen LogP contribution in [0.15, 0.2) is 30.3 Å². The van der Waals surface area contributed by atoms with Gasteiger partial charge in [-0.15, -0.1) is 0 Å². The van der Waals surface area contributed by atoms with E-state index < -0.39 is 10.0 Å². The minimum Gasteiger partial charge on any atom is -0.479 e. The predicted octanol–water partition coefficient (Wildman–Crippen LogP) is 3.99. The number of aromatic nitrogens is 1. The van der Waals surface area contributed by atoms with E-state index in [2.05, 4.69) is 9.71 Å². The van der Waals surface area contributed by atoms with Gasteiger partial charge in [0.1, 0.15) is 10.8 Å². The van der Waals surface area contributed by atoms with Crippen LogP contribution in [0.2, 0.25) is 15.2 Å². The van der Waals surface area contributed by atoms with E-state index in [1.165, 1.54) is 37.4 Å². The summed E-state index contributed by atoms with van der Waals surface area (Å²) in [5.41, 5.74) is 0.658. The SMILES string of the molecule is COc1nc(Cl)ccc1NS(=O)(=O)Cc1cc(Cl)cc(Cl)c1. The molecule has 0 atom stereocenters. The molecule has 0 spiro atoms. The summed E-state index contributed by atoms with van der Waals surface area (Å²) in [5.74, 6) is -0.209. The highest BCUT2D eigenvalue weighted by Gasteiger charge is 2.16. The molecular weight excluding hydrogens is 371 g/mol. The maximum atomic E-state index is 12.2. The van der Waals surface area contributed by atoms with E-state index in [0.29, 0.717) is 15.6 Å².